The number of hydrogen-bond acceptors (Lipinski definition) is 4. The van der Waals surface area contributed by atoms with Crippen molar-refractivity contribution in [2.24, 2.45) is 0 Å². The summed E-state index contributed by atoms with van der Waals surface area (Å²) in [5, 5.41) is 15.2. The van der Waals surface area contributed by atoms with Crippen molar-refractivity contribution in [1.29, 1.82) is 0 Å². The van der Waals surface area contributed by atoms with E-state index in [0.29, 0.717) is 6.54 Å². The number of thioether (sulfide) groups is 1. The molecule has 5 heteroatoms. The molecule has 2 N–H and O–H groups in total. The lowest BCUT2D eigenvalue weighted by Gasteiger charge is -2.22. The maximum Gasteiger partial charge on any atom is 0.0833 e. The van der Waals surface area contributed by atoms with Gasteiger partial charge in [-0.15, -0.1) is 11.3 Å². The summed E-state index contributed by atoms with van der Waals surface area (Å²) in [7, 11) is 0. The Morgan fingerprint density at radius 3 is 2.93 bits per heavy atom. The quantitative estimate of drug-likeness (QED) is 0.847. The van der Waals surface area contributed by atoms with Gasteiger partial charge in [-0.05, 0) is 35.2 Å². The molecular weight excluding hydrogens is 294 g/mol. The summed E-state index contributed by atoms with van der Waals surface area (Å²) in [6.07, 6.45) is 2.00. The predicted octanol–water partition coefficient (Wildman–Crippen LogP) is 2.71. The average molecular weight is 310 g/mol. The first-order valence-electron chi connectivity index (χ1n) is 4.68. The number of thiophene rings is 1. The lowest BCUT2D eigenvalue weighted by molar-refractivity contribution is 0.0846. The van der Waals surface area contributed by atoms with Crippen LogP contribution in [0.2, 0.25) is 0 Å². The number of hydrogen-bond donors (Lipinski definition) is 2. The van der Waals surface area contributed by atoms with E-state index in [1.165, 1.54) is 4.88 Å². The summed E-state index contributed by atoms with van der Waals surface area (Å²) in [5.74, 6) is 0.758. The van der Waals surface area contributed by atoms with Gasteiger partial charge in [0, 0.05) is 33.6 Å². The van der Waals surface area contributed by atoms with Crippen molar-refractivity contribution in [1.82, 2.24) is 5.32 Å². The third kappa shape index (κ3) is 5.36. The van der Waals surface area contributed by atoms with E-state index in [2.05, 4.69) is 32.7 Å². The number of nitrogens with one attached hydrogen (secondary N) is 1. The monoisotopic (exact) mass is 309 g/mol. The van der Waals surface area contributed by atoms with Gasteiger partial charge in [-0.3, -0.25) is 0 Å². The summed E-state index contributed by atoms with van der Waals surface area (Å²) < 4.78 is 1.13. The molecule has 0 fully saturated rings. The van der Waals surface area contributed by atoms with Crippen molar-refractivity contribution in [3.63, 3.8) is 0 Å². The van der Waals surface area contributed by atoms with E-state index in [1.54, 1.807) is 23.1 Å². The summed E-state index contributed by atoms with van der Waals surface area (Å²) in [6.45, 7) is 3.31. The van der Waals surface area contributed by atoms with Crippen LogP contribution in [0, 0.1) is 0 Å². The van der Waals surface area contributed by atoms with Crippen LogP contribution in [0.25, 0.3) is 0 Å². The highest BCUT2D eigenvalue weighted by atomic mass is 79.9. The van der Waals surface area contributed by atoms with Crippen LogP contribution in [0.15, 0.2) is 15.9 Å². The maximum absolute atomic E-state index is 9.91. The van der Waals surface area contributed by atoms with E-state index >= 15 is 0 Å². The van der Waals surface area contributed by atoms with Gasteiger partial charge in [0.05, 0.1) is 5.60 Å². The molecule has 1 unspecified atom stereocenters. The van der Waals surface area contributed by atoms with Crippen molar-refractivity contribution in [2.75, 3.05) is 18.6 Å². The lowest BCUT2D eigenvalue weighted by Crippen LogP contribution is -2.39. The second kappa shape index (κ2) is 6.25. The fourth-order valence-corrected chi connectivity index (χ4v) is 3.41. The third-order valence-electron chi connectivity index (χ3n) is 1.88. The molecule has 0 aliphatic carbocycles. The molecule has 0 aliphatic heterocycles. The molecule has 0 aliphatic rings. The second-order valence-electron chi connectivity index (χ2n) is 3.76. The maximum atomic E-state index is 9.91. The zero-order valence-electron chi connectivity index (χ0n) is 8.92. The molecule has 1 aromatic heterocycles. The van der Waals surface area contributed by atoms with Crippen LogP contribution < -0.4 is 5.32 Å². The van der Waals surface area contributed by atoms with Gasteiger partial charge in [0.1, 0.15) is 0 Å². The second-order valence-corrected chi connectivity index (χ2v) is 6.54. The first-order valence-corrected chi connectivity index (χ1v) is 7.75. The Morgan fingerprint density at radius 2 is 2.40 bits per heavy atom. The van der Waals surface area contributed by atoms with E-state index in [-0.39, 0.29) is 0 Å². The highest BCUT2D eigenvalue weighted by molar-refractivity contribution is 9.10. The predicted molar refractivity (Wildman–Crippen MR) is 72.7 cm³/mol. The molecule has 0 radical (unpaired) electrons. The molecule has 1 rings (SSSR count). The zero-order chi connectivity index (χ0) is 11.3. The molecule has 86 valence electrons. The molecule has 2 nitrogen and oxygen atoms in total. The topological polar surface area (TPSA) is 32.3 Å². The van der Waals surface area contributed by atoms with Gasteiger partial charge < -0.3 is 10.4 Å². The normalized spacial score (nSPS) is 15.2. The van der Waals surface area contributed by atoms with Crippen LogP contribution in [0.5, 0.6) is 0 Å². The van der Waals surface area contributed by atoms with Gasteiger partial charge in [0.25, 0.3) is 0 Å². The number of aliphatic hydroxyl groups is 1. The smallest absolute Gasteiger partial charge is 0.0833 e. The molecule has 0 aromatic carbocycles. The fourth-order valence-electron chi connectivity index (χ4n) is 1.26. The molecule has 0 bridgehead atoms. The SMILES string of the molecule is CSCC(C)(O)CNCc1cc(Br)cs1. The molecule has 0 saturated carbocycles. The zero-order valence-corrected chi connectivity index (χ0v) is 12.1. The minimum Gasteiger partial charge on any atom is -0.388 e. The van der Waals surface area contributed by atoms with Crippen LogP contribution >= 0.6 is 39.0 Å². The molecular formula is C10H16BrNOS2. The average Bonchev–Trinajstić information content (AvgIpc) is 2.51. The Hall–Kier alpha value is 0.450. The van der Waals surface area contributed by atoms with Gasteiger partial charge in [-0.25, -0.2) is 0 Å². The first kappa shape index (κ1) is 13.5. The van der Waals surface area contributed by atoms with Gasteiger partial charge in [0.2, 0.25) is 0 Å². The van der Waals surface area contributed by atoms with Crippen LogP contribution in [0.4, 0.5) is 0 Å². The Labute approximate surface area is 108 Å². The van der Waals surface area contributed by atoms with E-state index in [0.717, 1.165) is 16.8 Å². The largest absolute Gasteiger partial charge is 0.388 e. The standard InChI is InChI=1S/C10H16BrNOS2/c1-10(13,7-14-2)6-12-4-9-3-8(11)5-15-9/h3,5,12-13H,4,6-7H2,1-2H3. The van der Waals surface area contributed by atoms with Gasteiger partial charge >= 0.3 is 0 Å². The van der Waals surface area contributed by atoms with Crippen LogP contribution in [-0.2, 0) is 6.54 Å². The number of rotatable bonds is 6. The van der Waals surface area contributed by atoms with Crippen LogP contribution in [-0.4, -0.2) is 29.3 Å². The van der Waals surface area contributed by atoms with Crippen LogP contribution in [0.3, 0.4) is 0 Å². The Morgan fingerprint density at radius 1 is 1.67 bits per heavy atom. The molecule has 0 spiro atoms. The fraction of sp³-hybridized carbons (Fsp3) is 0.600. The van der Waals surface area contributed by atoms with Crippen molar-refractivity contribution < 1.29 is 5.11 Å². The van der Waals surface area contributed by atoms with E-state index in [1.807, 2.05) is 13.2 Å². The summed E-state index contributed by atoms with van der Waals surface area (Å²) in [5.41, 5.74) is -0.617. The third-order valence-corrected chi connectivity index (χ3v) is 4.49. The molecule has 1 aromatic rings. The molecule has 15 heavy (non-hydrogen) atoms. The molecule has 1 heterocycles. The van der Waals surface area contributed by atoms with Gasteiger partial charge in [0.15, 0.2) is 0 Å². The summed E-state index contributed by atoms with van der Waals surface area (Å²) in [4.78, 5) is 1.28. The minimum absolute atomic E-state index is 0.617. The van der Waals surface area contributed by atoms with Crippen molar-refractivity contribution in [2.45, 2.75) is 19.1 Å². The van der Waals surface area contributed by atoms with Gasteiger partial charge in [-0.1, -0.05) is 0 Å². The Kier molecular flexibility index (Phi) is 5.63. The highest BCUT2D eigenvalue weighted by Gasteiger charge is 2.18. The first-order chi connectivity index (χ1) is 7.03. The summed E-state index contributed by atoms with van der Waals surface area (Å²) >= 11 is 6.80. The lowest BCUT2D eigenvalue weighted by atomic mass is 10.1. The summed E-state index contributed by atoms with van der Waals surface area (Å²) in [6, 6.07) is 2.10. The Balaban J connectivity index is 2.27. The Bertz CT molecular complexity index is 301. The van der Waals surface area contributed by atoms with Crippen molar-refractivity contribution in [3.8, 4) is 0 Å². The molecule has 1 atom stereocenters. The van der Waals surface area contributed by atoms with E-state index in [9.17, 15) is 5.11 Å². The number of halogens is 1. The molecule has 0 amide bonds. The highest BCUT2D eigenvalue weighted by Crippen LogP contribution is 2.19. The molecule has 0 saturated heterocycles. The van der Waals surface area contributed by atoms with E-state index < -0.39 is 5.60 Å². The van der Waals surface area contributed by atoms with Crippen molar-refractivity contribution >= 4 is 39.0 Å². The van der Waals surface area contributed by atoms with Crippen LogP contribution in [0.1, 0.15) is 11.8 Å². The van der Waals surface area contributed by atoms with E-state index in [4.69, 9.17) is 0 Å². The van der Waals surface area contributed by atoms with Gasteiger partial charge in [-0.2, -0.15) is 11.8 Å². The minimum atomic E-state index is -0.617. The van der Waals surface area contributed by atoms with Crippen molar-refractivity contribution in [3.05, 3.63) is 20.8 Å².